The number of hydrogen-bond acceptors (Lipinski definition) is 1. The largest absolute Gasteiger partial charge is 0.260 e. The van der Waals surface area contributed by atoms with E-state index in [2.05, 4.69) is 67.0 Å². The van der Waals surface area contributed by atoms with Gasteiger partial charge in [-0.05, 0) is 47.2 Å². The minimum Gasteiger partial charge on any atom is -0.260 e. The zero-order valence-electron chi connectivity index (χ0n) is 13.3. The van der Waals surface area contributed by atoms with Gasteiger partial charge in [0.2, 0.25) is 0 Å². The highest BCUT2D eigenvalue weighted by molar-refractivity contribution is 6.09. The van der Waals surface area contributed by atoms with Gasteiger partial charge in [-0.25, -0.2) is 0 Å². The molecule has 1 heteroatoms. The summed E-state index contributed by atoms with van der Waals surface area (Å²) in [5.41, 5.74) is 8.64. The van der Waals surface area contributed by atoms with E-state index in [1.54, 1.807) is 0 Å². The highest BCUT2D eigenvalue weighted by Gasteiger charge is 2.16. The van der Waals surface area contributed by atoms with Gasteiger partial charge in [0.05, 0.1) is 5.71 Å². The molecule has 0 saturated heterocycles. The molecule has 2 aromatic rings. The second kappa shape index (κ2) is 6.15. The Morgan fingerprint density at radius 2 is 1.95 bits per heavy atom. The van der Waals surface area contributed by atoms with Crippen LogP contribution in [0.3, 0.4) is 0 Å². The third-order valence-electron chi connectivity index (χ3n) is 4.17. The second-order valence-corrected chi connectivity index (χ2v) is 5.78. The maximum Gasteiger partial charge on any atom is 0.0520 e. The van der Waals surface area contributed by atoms with E-state index in [1.807, 2.05) is 13.1 Å². The average molecular weight is 287 g/mol. The lowest BCUT2D eigenvalue weighted by Gasteiger charge is -2.09. The van der Waals surface area contributed by atoms with Gasteiger partial charge in [-0.1, -0.05) is 61.5 Å². The molecule has 0 saturated carbocycles. The summed E-state index contributed by atoms with van der Waals surface area (Å²) >= 11 is 0. The molecule has 1 aliphatic rings. The topological polar surface area (TPSA) is 12.4 Å². The lowest BCUT2D eigenvalue weighted by atomic mass is 9.94. The number of aryl methyl sites for hydroxylation is 1. The molecule has 0 unspecified atom stereocenters. The van der Waals surface area contributed by atoms with Gasteiger partial charge in [0, 0.05) is 12.6 Å². The third-order valence-corrected chi connectivity index (χ3v) is 4.17. The molecular formula is C21H21N. The first kappa shape index (κ1) is 14.5. The van der Waals surface area contributed by atoms with Crippen LogP contribution in [0.25, 0.3) is 11.1 Å². The molecule has 1 heterocycles. The minimum atomic E-state index is 0.899. The van der Waals surface area contributed by atoms with E-state index in [0.717, 1.165) is 24.1 Å². The van der Waals surface area contributed by atoms with Crippen LogP contribution in [0.2, 0.25) is 0 Å². The van der Waals surface area contributed by atoms with Crippen LogP contribution < -0.4 is 0 Å². The number of aliphatic imine (C=N–C) groups is 1. The fourth-order valence-electron chi connectivity index (χ4n) is 2.87. The summed E-state index contributed by atoms with van der Waals surface area (Å²) in [6, 6.07) is 17.1. The van der Waals surface area contributed by atoms with Crippen molar-refractivity contribution in [2.75, 3.05) is 0 Å². The highest BCUT2D eigenvalue weighted by Crippen LogP contribution is 2.29. The van der Waals surface area contributed by atoms with Gasteiger partial charge < -0.3 is 0 Å². The van der Waals surface area contributed by atoms with E-state index in [4.69, 9.17) is 0 Å². The van der Waals surface area contributed by atoms with Crippen molar-refractivity contribution in [1.82, 2.24) is 0 Å². The van der Waals surface area contributed by atoms with Gasteiger partial charge in [0.25, 0.3) is 0 Å². The fourth-order valence-corrected chi connectivity index (χ4v) is 2.87. The van der Waals surface area contributed by atoms with Crippen LogP contribution in [0.1, 0.15) is 42.5 Å². The molecule has 0 radical (unpaired) electrons. The smallest absolute Gasteiger partial charge is 0.0520 e. The van der Waals surface area contributed by atoms with Crippen molar-refractivity contribution < 1.29 is 0 Å². The van der Waals surface area contributed by atoms with Crippen LogP contribution in [0.4, 0.5) is 0 Å². The summed E-state index contributed by atoms with van der Waals surface area (Å²) in [6.07, 6.45) is 3.97. The standard InChI is InChI=1S/C21H21N/c1-4-16-8-5-6-11-20(16)19-13-21(22-14-19)18-10-7-9-17(12-18)15(2)3/h5-12,14H,2,4,13H2,1,3H3. The van der Waals surface area contributed by atoms with E-state index in [9.17, 15) is 0 Å². The van der Waals surface area contributed by atoms with Crippen molar-refractivity contribution in [3.63, 3.8) is 0 Å². The quantitative estimate of drug-likeness (QED) is 0.702. The van der Waals surface area contributed by atoms with Crippen molar-refractivity contribution in [3.05, 3.63) is 83.6 Å². The maximum absolute atomic E-state index is 4.66. The van der Waals surface area contributed by atoms with E-state index in [-0.39, 0.29) is 0 Å². The van der Waals surface area contributed by atoms with Crippen LogP contribution in [0.15, 0.2) is 66.3 Å². The van der Waals surface area contributed by atoms with Crippen LogP contribution in [-0.4, -0.2) is 5.71 Å². The monoisotopic (exact) mass is 287 g/mol. The summed E-state index contributed by atoms with van der Waals surface area (Å²) in [4.78, 5) is 4.66. The molecule has 0 aliphatic carbocycles. The lowest BCUT2D eigenvalue weighted by Crippen LogP contribution is -2.00. The van der Waals surface area contributed by atoms with Gasteiger partial charge in [-0.3, -0.25) is 4.99 Å². The number of hydrogen-bond donors (Lipinski definition) is 0. The number of benzene rings is 2. The molecule has 0 fully saturated rings. The van der Waals surface area contributed by atoms with Gasteiger partial charge in [-0.2, -0.15) is 0 Å². The predicted molar refractivity (Wildman–Crippen MR) is 96.1 cm³/mol. The van der Waals surface area contributed by atoms with E-state index < -0.39 is 0 Å². The van der Waals surface area contributed by atoms with Gasteiger partial charge in [0.15, 0.2) is 0 Å². The molecule has 1 nitrogen and oxygen atoms in total. The molecule has 0 spiro atoms. The van der Waals surface area contributed by atoms with Crippen molar-refractivity contribution >= 4 is 16.9 Å². The van der Waals surface area contributed by atoms with Gasteiger partial charge in [0.1, 0.15) is 0 Å². The van der Waals surface area contributed by atoms with E-state index in [0.29, 0.717) is 0 Å². The van der Waals surface area contributed by atoms with Crippen molar-refractivity contribution in [1.29, 1.82) is 0 Å². The van der Waals surface area contributed by atoms with Crippen LogP contribution in [-0.2, 0) is 6.42 Å². The molecule has 110 valence electrons. The molecule has 0 atom stereocenters. The second-order valence-electron chi connectivity index (χ2n) is 5.78. The van der Waals surface area contributed by atoms with Crippen molar-refractivity contribution in [2.24, 2.45) is 4.99 Å². The van der Waals surface area contributed by atoms with E-state index >= 15 is 0 Å². The number of allylic oxidation sites excluding steroid dienone is 2. The summed E-state index contributed by atoms with van der Waals surface area (Å²) in [5.74, 6) is 0. The summed E-state index contributed by atoms with van der Waals surface area (Å²) in [6.45, 7) is 8.26. The van der Waals surface area contributed by atoms with Crippen LogP contribution >= 0.6 is 0 Å². The molecule has 2 aromatic carbocycles. The first-order chi connectivity index (χ1) is 10.7. The highest BCUT2D eigenvalue weighted by atomic mass is 14.7. The number of nitrogens with zero attached hydrogens (tertiary/aromatic N) is 1. The summed E-state index contributed by atoms with van der Waals surface area (Å²) in [7, 11) is 0. The Morgan fingerprint density at radius 3 is 2.73 bits per heavy atom. The fraction of sp³-hybridized carbons (Fsp3) is 0.190. The molecule has 1 aliphatic heterocycles. The molecule has 0 bridgehead atoms. The Labute approximate surface area is 132 Å². The third kappa shape index (κ3) is 2.80. The molecule has 0 amide bonds. The van der Waals surface area contributed by atoms with Crippen molar-refractivity contribution in [3.8, 4) is 0 Å². The summed E-state index contributed by atoms with van der Waals surface area (Å²) < 4.78 is 0. The first-order valence-corrected chi connectivity index (χ1v) is 7.79. The Morgan fingerprint density at radius 1 is 1.14 bits per heavy atom. The molecule has 0 aromatic heterocycles. The Bertz CT molecular complexity index is 778. The summed E-state index contributed by atoms with van der Waals surface area (Å²) in [5, 5.41) is 0. The molecule has 0 N–H and O–H groups in total. The lowest BCUT2D eigenvalue weighted by molar-refractivity contribution is 1.13. The Hall–Kier alpha value is -2.41. The van der Waals surface area contributed by atoms with E-state index in [1.165, 1.54) is 27.8 Å². The molecule has 22 heavy (non-hydrogen) atoms. The van der Waals surface area contributed by atoms with Crippen LogP contribution in [0.5, 0.6) is 0 Å². The normalized spacial score (nSPS) is 13.7. The van der Waals surface area contributed by atoms with Gasteiger partial charge >= 0.3 is 0 Å². The minimum absolute atomic E-state index is 0.899. The Balaban J connectivity index is 1.85. The molecular weight excluding hydrogens is 266 g/mol. The number of rotatable bonds is 4. The Kier molecular flexibility index (Phi) is 4.06. The zero-order chi connectivity index (χ0) is 15.5. The van der Waals surface area contributed by atoms with Gasteiger partial charge in [-0.15, -0.1) is 0 Å². The zero-order valence-corrected chi connectivity index (χ0v) is 13.3. The SMILES string of the molecule is C=C(C)c1cccc(C2=NC=C(c3ccccc3CC)C2)c1. The predicted octanol–water partition coefficient (Wildman–Crippen LogP) is 5.52. The first-order valence-electron chi connectivity index (χ1n) is 7.79. The maximum atomic E-state index is 4.66. The average Bonchev–Trinajstić information content (AvgIpc) is 3.04. The van der Waals surface area contributed by atoms with Crippen LogP contribution in [0, 0.1) is 0 Å². The molecule has 3 rings (SSSR count). The van der Waals surface area contributed by atoms with Crippen molar-refractivity contribution in [2.45, 2.75) is 26.7 Å².